The second kappa shape index (κ2) is 17.8. The highest BCUT2D eigenvalue weighted by Gasteiger charge is 2.24. The molecule has 358 valence electrons. The minimum Gasteiger partial charge on any atom is -0.309 e. The van der Waals surface area contributed by atoms with Crippen molar-refractivity contribution in [3.05, 3.63) is 279 Å². The number of hydrogen-bond donors (Lipinski definition) is 0. The Morgan fingerprint density at radius 3 is 1.13 bits per heavy atom. The van der Waals surface area contributed by atoms with Crippen molar-refractivity contribution in [2.45, 2.75) is 0 Å². The molecule has 11 aromatic carbocycles. The van der Waals surface area contributed by atoms with Gasteiger partial charge in [-0.25, -0.2) is 4.98 Å². The summed E-state index contributed by atoms with van der Waals surface area (Å²) in [5.74, 6) is 0. The maximum atomic E-state index is 11.6. The highest BCUT2D eigenvalue weighted by atomic mass is 15.0. The quantitative estimate of drug-likeness (QED) is 0.152. The van der Waals surface area contributed by atoms with E-state index in [0.29, 0.717) is 5.56 Å². The van der Waals surface area contributed by atoms with Crippen LogP contribution in [0.5, 0.6) is 0 Å². The molecule has 5 heteroatoms. The first-order valence-corrected chi connectivity index (χ1v) is 26.1. The van der Waals surface area contributed by atoms with Gasteiger partial charge in [0.2, 0.25) is 0 Å². The van der Waals surface area contributed by atoms with Crippen LogP contribution in [0.25, 0.3) is 138 Å². The molecule has 0 aliphatic rings. The number of hydrogen-bond acceptors (Lipinski definition) is 2. The van der Waals surface area contributed by atoms with E-state index in [9.17, 15) is 5.26 Å². The normalized spacial score (nSPS) is 11.6. The first-order valence-electron chi connectivity index (χ1n) is 26.1. The van der Waals surface area contributed by atoms with E-state index in [1.165, 1.54) is 0 Å². The van der Waals surface area contributed by atoms with E-state index in [-0.39, 0.29) is 0 Å². The van der Waals surface area contributed by atoms with Gasteiger partial charge in [-0.05, 0) is 141 Å². The van der Waals surface area contributed by atoms with Crippen molar-refractivity contribution < 1.29 is 0 Å². The van der Waals surface area contributed by atoms with Crippen LogP contribution in [0.1, 0.15) is 5.56 Å². The van der Waals surface area contributed by atoms with E-state index in [0.717, 1.165) is 138 Å². The van der Waals surface area contributed by atoms with Crippen LogP contribution in [0.4, 0.5) is 0 Å². The Hall–Kier alpha value is -10.5. The fourth-order valence-electron chi connectivity index (χ4n) is 11.9. The van der Waals surface area contributed by atoms with Crippen molar-refractivity contribution in [3.63, 3.8) is 0 Å². The molecule has 0 aliphatic carbocycles. The predicted molar refractivity (Wildman–Crippen MR) is 319 cm³/mol. The molecule has 0 fully saturated rings. The van der Waals surface area contributed by atoms with Crippen molar-refractivity contribution in [1.29, 1.82) is 5.26 Å². The van der Waals surface area contributed by atoms with E-state index in [1.54, 1.807) is 0 Å². The minimum atomic E-state index is 0.562. The van der Waals surface area contributed by atoms with Crippen LogP contribution in [0.15, 0.2) is 273 Å². The van der Waals surface area contributed by atoms with Crippen molar-refractivity contribution in [1.82, 2.24) is 18.7 Å². The molecule has 0 radical (unpaired) electrons. The summed E-state index contributed by atoms with van der Waals surface area (Å²) in [5.41, 5.74) is 20.6. The summed E-state index contributed by atoms with van der Waals surface area (Å²) in [4.78, 5) is 4.91. The van der Waals surface area contributed by atoms with E-state index in [4.69, 9.17) is 4.98 Å². The number of nitrogens with zero attached hydrogens (tertiary/aromatic N) is 5. The third-order valence-electron chi connectivity index (χ3n) is 15.5. The van der Waals surface area contributed by atoms with Gasteiger partial charge in [0.1, 0.15) is 11.7 Å². The second-order valence-electron chi connectivity index (χ2n) is 19.8. The van der Waals surface area contributed by atoms with Crippen LogP contribution in [0.2, 0.25) is 0 Å². The summed E-state index contributed by atoms with van der Waals surface area (Å²) >= 11 is 0. The summed E-state index contributed by atoms with van der Waals surface area (Å²) in [5, 5.41) is 18.4. The molecule has 5 nitrogen and oxygen atoms in total. The molecule has 4 heterocycles. The average molecular weight is 980 g/mol. The number of para-hydroxylation sites is 1. The summed E-state index contributed by atoms with van der Waals surface area (Å²) < 4.78 is 6.94. The monoisotopic (exact) mass is 979 g/mol. The fourth-order valence-corrected chi connectivity index (χ4v) is 11.9. The molecular formula is C72H45N5. The molecule has 0 unspecified atom stereocenters. The predicted octanol–water partition coefficient (Wildman–Crippen LogP) is 18.6. The zero-order chi connectivity index (χ0) is 51.0. The Labute approximate surface area is 444 Å². The number of nitriles is 1. The van der Waals surface area contributed by atoms with Gasteiger partial charge in [-0.3, -0.25) is 4.57 Å². The maximum absolute atomic E-state index is 11.6. The Kier molecular flexibility index (Phi) is 10.2. The third kappa shape index (κ3) is 7.19. The second-order valence-corrected chi connectivity index (χ2v) is 19.8. The highest BCUT2D eigenvalue weighted by Crippen LogP contribution is 2.44. The Bertz CT molecular complexity index is 4580. The van der Waals surface area contributed by atoms with Gasteiger partial charge in [-0.2, -0.15) is 5.26 Å². The molecule has 0 saturated carbocycles. The molecule has 4 aromatic heterocycles. The lowest BCUT2D eigenvalue weighted by molar-refractivity contribution is 1.13. The topological polar surface area (TPSA) is 51.5 Å². The first kappa shape index (κ1) is 44.0. The number of fused-ring (bicyclic) bond motifs is 9. The van der Waals surface area contributed by atoms with Gasteiger partial charge in [-0.15, -0.1) is 0 Å². The van der Waals surface area contributed by atoms with Crippen LogP contribution in [0.3, 0.4) is 0 Å². The van der Waals surface area contributed by atoms with Crippen LogP contribution < -0.4 is 0 Å². The molecular weight excluding hydrogens is 935 g/mol. The minimum absolute atomic E-state index is 0.562. The number of pyridine rings is 1. The van der Waals surface area contributed by atoms with Gasteiger partial charge in [-0.1, -0.05) is 176 Å². The van der Waals surface area contributed by atoms with Crippen molar-refractivity contribution >= 4 is 65.5 Å². The van der Waals surface area contributed by atoms with Crippen molar-refractivity contribution in [2.24, 2.45) is 0 Å². The van der Waals surface area contributed by atoms with Gasteiger partial charge >= 0.3 is 0 Å². The van der Waals surface area contributed by atoms with E-state index < -0.39 is 0 Å². The summed E-state index contributed by atoms with van der Waals surface area (Å²) in [7, 11) is 0. The number of benzene rings is 11. The summed E-state index contributed by atoms with van der Waals surface area (Å²) in [6.07, 6.45) is 1.87. The molecule has 15 rings (SSSR count). The number of aromatic nitrogens is 4. The van der Waals surface area contributed by atoms with E-state index >= 15 is 0 Å². The lowest BCUT2D eigenvalue weighted by Gasteiger charge is -2.19. The molecule has 15 aromatic rings. The third-order valence-corrected chi connectivity index (χ3v) is 15.5. The molecule has 77 heavy (non-hydrogen) atoms. The van der Waals surface area contributed by atoms with Gasteiger partial charge in [0, 0.05) is 49.8 Å². The Morgan fingerprint density at radius 2 is 0.675 bits per heavy atom. The number of rotatable bonds is 8. The zero-order valence-corrected chi connectivity index (χ0v) is 41.7. The van der Waals surface area contributed by atoms with Crippen molar-refractivity contribution in [3.8, 4) is 78.8 Å². The Balaban J connectivity index is 1.01. The summed E-state index contributed by atoms with van der Waals surface area (Å²) in [6.45, 7) is 0. The lowest BCUT2D eigenvalue weighted by Crippen LogP contribution is -2.04. The van der Waals surface area contributed by atoms with E-state index in [2.05, 4.69) is 281 Å². The van der Waals surface area contributed by atoms with Gasteiger partial charge in [0.05, 0.1) is 44.5 Å². The molecule has 0 N–H and O–H groups in total. The van der Waals surface area contributed by atoms with Crippen LogP contribution >= 0.6 is 0 Å². The highest BCUT2D eigenvalue weighted by molar-refractivity contribution is 6.14. The zero-order valence-electron chi connectivity index (χ0n) is 41.7. The molecule has 0 atom stereocenters. The van der Waals surface area contributed by atoms with Gasteiger partial charge in [0.25, 0.3) is 0 Å². The lowest BCUT2D eigenvalue weighted by atomic mass is 9.98. The maximum Gasteiger partial charge on any atom is 0.145 e. The fraction of sp³-hybridized carbons (Fsp3) is 0. The largest absolute Gasteiger partial charge is 0.309 e. The molecule has 0 aliphatic heterocycles. The van der Waals surface area contributed by atoms with Crippen LogP contribution in [0, 0.1) is 11.3 Å². The first-order chi connectivity index (χ1) is 38.1. The standard InChI is InChI=1S/C72H45N5/c73-46-56-44-71(77-68-37-31-54(49-20-9-3-10-21-49)42-63(68)64-43-55(32-38-69(64)77)50-22-11-4-12-23-50)60(51-27-33-57(34-28-51)75-65-26-14-13-24-58(65)59-25-15-39-74-72(59)75)45-70(56)76-66-35-29-52(47-16-5-1-6-17-47)40-61(66)62-41-53(30-36-67(62)76)48-18-7-2-8-19-48/h1-45H. The Morgan fingerprint density at radius 1 is 0.286 bits per heavy atom. The van der Waals surface area contributed by atoms with Gasteiger partial charge < -0.3 is 9.13 Å². The molecule has 0 bridgehead atoms. The summed E-state index contributed by atoms with van der Waals surface area (Å²) in [6, 6.07) is 98.1. The SMILES string of the molecule is N#Cc1cc(-n2c3ccc(-c4ccccc4)cc3c3cc(-c4ccccc4)ccc32)c(-c2ccc(-n3c4ccccc4c4cccnc43)cc2)cc1-n1c2ccc(-c3ccccc3)cc2c2cc(-c3ccccc3)ccc21. The average Bonchev–Trinajstić information content (AvgIpc) is 4.21. The van der Waals surface area contributed by atoms with Gasteiger partial charge in [0.15, 0.2) is 0 Å². The van der Waals surface area contributed by atoms with Crippen LogP contribution in [-0.2, 0) is 0 Å². The molecule has 0 amide bonds. The van der Waals surface area contributed by atoms with Crippen LogP contribution in [-0.4, -0.2) is 18.7 Å². The molecule has 0 saturated heterocycles. The van der Waals surface area contributed by atoms with Crippen molar-refractivity contribution in [2.75, 3.05) is 0 Å². The smallest absolute Gasteiger partial charge is 0.145 e. The molecule has 0 spiro atoms. The van der Waals surface area contributed by atoms with E-state index in [1.807, 2.05) is 12.3 Å².